The van der Waals surface area contributed by atoms with Gasteiger partial charge < -0.3 is 10.1 Å². The van der Waals surface area contributed by atoms with Crippen molar-refractivity contribution in [2.24, 2.45) is 0 Å². The summed E-state index contributed by atoms with van der Waals surface area (Å²) in [5.74, 6) is 1.48. The van der Waals surface area contributed by atoms with E-state index in [2.05, 4.69) is 29.4 Å². The van der Waals surface area contributed by atoms with Crippen molar-refractivity contribution >= 4 is 11.6 Å². The first-order chi connectivity index (χ1) is 9.19. The molecule has 0 spiro atoms. The zero-order valence-corrected chi connectivity index (χ0v) is 11.9. The van der Waals surface area contributed by atoms with Gasteiger partial charge in [0, 0.05) is 18.8 Å². The van der Waals surface area contributed by atoms with Crippen molar-refractivity contribution in [2.75, 3.05) is 6.54 Å². The maximum Gasteiger partial charge on any atom is 0.147 e. The van der Waals surface area contributed by atoms with Crippen LogP contribution in [-0.2, 0) is 6.54 Å². The monoisotopic (exact) mass is 276 g/mol. The lowest BCUT2D eigenvalue weighted by atomic mass is 10.1. The number of hydrogen-bond donors (Lipinski definition) is 1. The topological polar surface area (TPSA) is 34.1 Å². The van der Waals surface area contributed by atoms with Gasteiger partial charge >= 0.3 is 0 Å². The lowest BCUT2D eigenvalue weighted by Crippen LogP contribution is -2.11. The summed E-state index contributed by atoms with van der Waals surface area (Å²) >= 11 is 5.90. The Labute approximate surface area is 118 Å². The highest BCUT2D eigenvalue weighted by Gasteiger charge is 2.04. The van der Waals surface area contributed by atoms with Gasteiger partial charge in [-0.2, -0.15) is 0 Å². The number of halogens is 1. The molecule has 0 aliphatic carbocycles. The van der Waals surface area contributed by atoms with Crippen molar-refractivity contribution in [3.63, 3.8) is 0 Å². The van der Waals surface area contributed by atoms with Crippen LogP contribution in [0.4, 0.5) is 0 Å². The Morgan fingerprint density at radius 1 is 1.26 bits per heavy atom. The maximum atomic E-state index is 5.90. The predicted molar refractivity (Wildman–Crippen MR) is 77.9 cm³/mol. The van der Waals surface area contributed by atoms with Gasteiger partial charge in [0.1, 0.15) is 11.5 Å². The van der Waals surface area contributed by atoms with Crippen molar-refractivity contribution in [1.29, 1.82) is 0 Å². The van der Waals surface area contributed by atoms with Gasteiger partial charge in [0.25, 0.3) is 0 Å². The Bertz CT molecular complexity index is 558. The van der Waals surface area contributed by atoms with Crippen molar-refractivity contribution in [3.05, 3.63) is 52.8 Å². The number of nitrogens with one attached hydrogen (secondary N) is 1. The quantitative estimate of drug-likeness (QED) is 0.898. The van der Waals surface area contributed by atoms with Crippen LogP contribution in [0.25, 0.3) is 0 Å². The molecule has 0 aliphatic heterocycles. The summed E-state index contributed by atoms with van der Waals surface area (Å²) in [6.45, 7) is 5.89. The van der Waals surface area contributed by atoms with Crippen LogP contribution in [0.15, 0.2) is 36.7 Å². The van der Waals surface area contributed by atoms with Crippen LogP contribution >= 0.6 is 11.6 Å². The van der Waals surface area contributed by atoms with Crippen LogP contribution in [0.3, 0.4) is 0 Å². The Balaban J connectivity index is 2.19. The third-order valence-electron chi connectivity index (χ3n) is 2.74. The fourth-order valence-electron chi connectivity index (χ4n) is 1.71. The van der Waals surface area contributed by atoms with Gasteiger partial charge in [0.05, 0.1) is 11.2 Å². The summed E-state index contributed by atoms with van der Waals surface area (Å²) in [5.41, 5.74) is 2.28. The first-order valence-corrected chi connectivity index (χ1v) is 6.65. The van der Waals surface area contributed by atoms with Crippen molar-refractivity contribution < 1.29 is 4.74 Å². The SMILES string of the molecule is CCNCc1ccc(C)c(Oc2cncc(Cl)c2)c1. The Kier molecular flexibility index (Phi) is 4.77. The largest absolute Gasteiger partial charge is 0.455 e. The molecule has 3 nitrogen and oxygen atoms in total. The van der Waals surface area contributed by atoms with E-state index in [-0.39, 0.29) is 0 Å². The number of benzene rings is 1. The lowest BCUT2D eigenvalue weighted by Gasteiger charge is -2.11. The van der Waals surface area contributed by atoms with E-state index in [0.29, 0.717) is 10.8 Å². The summed E-state index contributed by atoms with van der Waals surface area (Å²) in [6, 6.07) is 7.95. The first-order valence-electron chi connectivity index (χ1n) is 6.27. The number of nitrogens with zero attached hydrogens (tertiary/aromatic N) is 1. The molecule has 1 aromatic carbocycles. The van der Waals surface area contributed by atoms with Gasteiger partial charge in [0.15, 0.2) is 0 Å². The number of pyridine rings is 1. The van der Waals surface area contributed by atoms with E-state index in [1.54, 1.807) is 18.5 Å². The van der Waals surface area contributed by atoms with E-state index in [9.17, 15) is 0 Å². The molecule has 0 amide bonds. The van der Waals surface area contributed by atoms with Gasteiger partial charge in [-0.25, -0.2) is 0 Å². The second kappa shape index (κ2) is 6.55. The van der Waals surface area contributed by atoms with E-state index in [0.717, 1.165) is 24.4 Å². The summed E-state index contributed by atoms with van der Waals surface area (Å²) in [6.07, 6.45) is 3.24. The van der Waals surface area contributed by atoms with E-state index in [1.807, 2.05) is 13.0 Å². The number of ether oxygens (including phenoxy) is 1. The zero-order valence-electron chi connectivity index (χ0n) is 11.1. The minimum Gasteiger partial charge on any atom is -0.455 e. The minimum absolute atomic E-state index is 0.568. The smallest absolute Gasteiger partial charge is 0.147 e. The second-order valence-electron chi connectivity index (χ2n) is 4.32. The molecule has 1 heterocycles. The molecule has 19 heavy (non-hydrogen) atoms. The molecular weight excluding hydrogens is 260 g/mol. The van der Waals surface area contributed by atoms with E-state index >= 15 is 0 Å². The molecule has 0 aliphatic rings. The van der Waals surface area contributed by atoms with Crippen molar-refractivity contribution in [1.82, 2.24) is 10.3 Å². The molecule has 1 aromatic heterocycles. The number of aryl methyl sites for hydroxylation is 1. The Morgan fingerprint density at radius 2 is 2.11 bits per heavy atom. The molecule has 0 fully saturated rings. The minimum atomic E-state index is 0.568. The zero-order chi connectivity index (χ0) is 13.7. The molecular formula is C15H17ClN2O. The fraction of sp³-hybridized carbons (Fsp3) is 0.267. The van der Waals surface area contributed by atoms with Crippen molar-refractivity contribution in [3.8, 4) is 11.5 Å². The van der Waals surface area contributed by atoms with E-state index in [1.165, 1.54) is 5.56 Å². The van der Waals surface area contributed by atoms with Crippen LogP contribution < -0.4 is 10.1 Å². The Morgan fingerprint density at radius 3 is 2.84 bits per heavy atom. The highest BCUT2D eigenvalue weighted by atomic mass is 35.5. The van der Waals surface area contributed by atoms with Gasteiger partial charge in [-0.3, -0.25) is 4.98 Å². The number of hydrogen-bond acceptors (Lipinski definition) is 3. The Hall–Kier alpha value is -1.58. The first kappa shape index (κ1) is 13.8. The summed E-state index contributed by atoms with van der Waals surface area (Å²) in [7, 11) is 0. The fourth-order valence-corrected chi connectivity index (χ4v) is 1.87. The molecule has 0 bridgehead atoms. The molecule has 0 unspecified atom stereocenters. The number of rotatable bonds is 5. The molecule has 100 valence electrons. The molecule has 1 N–H and O–H groups in total. The molecule has 0 saturated heterocycles. The third kappa shape index (κ3) is 3.94. The maximum absolute atomic E-state index is 5.90. The molecule has 0 saturated carbocycles. The molecule has 0 radical (unpaired) electrons. The van der Waals surface area contributed by atoms with E-state index in [4.69, 9.17) is 16.3 Å². The highest BCUT2D eigenvalue weighted by Crippen LogP contribution is 2.27. The van der Waals surface area contributed by atoms with Gasteiger partial charge in [-0.15, -0.1) is 0 Å². The molecule has 4 heteroatoms. The average molecular weight is 277 g/mol. The van der Waals surface area contributed by atoms with E-state index < -0.39 is 0 Å². The van der Waals surface area contributed by atoms with Crippen LogP contribution in [-0.4, -0.2) is 11.5 Å². The second-order valence-corrected chi connectivity index (χ2v) is 4.76. The van der Waals surface area contributed by atoms with Gasteiger partial charge in [-0.1, -0.05) is 30.7 Å². The molecule has 2 aromatic rings. The van der Waals surface area contributed by atoms with Gasteiger partial charge in [0.2, 0.25) is 0 Å². The standard InChI is InChI=1S/C15H17ClN2O/c1-3-17-8-12-5-4-11(2)15(6-12)19-14-7-13(16)9-18-10-14/h4-7,9-10,17H,3,8H2,1-2H3. The van der Waals surface area contributed by atoms with Crippen LogP contribution in [0.5, 0.6) is 11.5 Å². The summed E-state index contributed by atoms with van der Waals surface area (Å²) < 4.78 is 5.84. The predicted octanol–water partition coefficient (Wildman–Crippen LogP) is 3.95. The van der Waals surface area contributed by atoms with Crippen LogP contribution in [0.1, 0.15) is 18.1 Å². The lowest BCUT2D eigenvalue weighted by molar-refractivity contribution is 0.475. The normalized spacial score (nSPS) is 10.5. The number of aromatic nitrogens is 1. The summed E-state index contributed by atoms with van der Waals surface area (Å²) in [5, 5.41) is 3.86. The van der Waals surface area contributed by atoms with Crippen LogP contribution in [0, 0.1) is 6.92 Å². The average Bonchev–Trinajstić information content (AvgIpc) is 2.40. The van der Waals surface area contributed by atoms with Crippen molar-refractivity contribution in [2.45, 2.75) is 20.4 Å². The molecule has 0 atom stereocenters. The molecule has 2 rings (SSSR count). The third-order valence-corrected chi connectivity index (χ3v) is 2.95. The van der Waals surface area contributed by atoms with Gasteiger partial charge in [-0.05, 0) is 30.7 Å². The highest BCUT2D eigenvalue weighted by molar-refractivity contribution is 6.30. The summed E-state index contributed by atoms with van der Waals surface area (Å²) in [4.78, 5) is 4.01. The van der Waals surface area contributed by atoms with Crippen LogP contribution in [0.2, 0.25) is 5.02 Å².